The molecule has 1 saturated heterocycles. The van der Waals surface area contributed by atoms with Crippen molar-refractivity contribution in [3.05, 3.63) is 33.8 Å². The summed E-state index contributed by atoms with van der Waals surface area (Å²) < 4.78 is 45.0. The smallest absolute Gasteiger partial charge is 0.381 e. The molecule has 1 aromatic carbocycles. The number of carbonyl (C=O) groups excluding carboxylic acids is 1. The van der Waals surface area contributed by atoms with Gasteiger partial charge in [0.05, 0.1) is 6.42 Å². The molecular formula is C14H14Cl2F3NO2. The largest absolute Gasteiger partial charge is 0.411 e. The van der Waals surface area contributed by atoms with Crippen LogP contribution in [0, 0.1) is 0 Å². The van der Waals surface area contributed by atoms with Crippen LogP contribution in [0.4, 0.5) is 13.2 Å². The summed E-state index contributed by atoms with van der Waals surface area (Å²) in [6, 6.07) is 4.66. The van der Waals surface area contributed by atoms with Crippen LogP contribution in [0.25, 0.3) is 0 Å². The van der Waals surface area contributed by atoms with Crippen molar-refractivity contribution in [3.63, 3.8) is 0 Å². The third-order valence-electron chi connectivity index (χ3n) is 3.67. The van der Waals surface area contributed by atoms with E-state index in [0.717, 1.165) is 0 Å². The molecule has 0 atom stereocenters. The Morgan fingerprint density at radius 3 is 2.27 bits per heavy atom. The number of nitrogens with one attached hydrogen (secondary N) is 1. The van der Waals surface area contributed by atoms with Crippen LogP contribution >= 0.6 is 23.2 Å². The number of ether oxygens (including phenoxy) is 1. The van der Waals surface area contributed by atoms with E-state index in [1.807, 2.05) is 0 Å². The molecule has 1 N–H and O–H groups in total. The van der Waals surface area contributed by atoms with Gasteiger partial charge in [-0.1, -0.05) is 29.3 Å². The zero-order valence-corrected chi connectivity index (χ0v) is 13.0. The van der Waals surface area contributed by atoms with Crippen molar-refractivity contribution in [1.82, 2.24) is 5.32 Å². The second kappa shape index (κ2) is 6.64. The second-order valence-electron chi connectivity index (χ2n) is 5.12. The Labute approximate surface area is 135 Å². The van der Waals surface area contributed by atoms with Crippen LogP contribution in [0.1, 0.15) is 18.4 Å². The maximum atomic E-state index is 13.3. The van der Waals surface area contributed by atoms with Gasteiger partial charge in [0, 0.05) is 36.1 Å². The van der Waals surface area contributed by atoms with Crippen molar-refractivity contribution >= 4 is 29.1 Å². The predicted molar refractivity (Wildman–Crippen MR) is 77.1 cm³/mol. The summed E-state index contributed by atoms with van der Waals surface area (Å²) in [5, 5.41) is 2.61. The third kappa shape index (κ3) is 3.67. The summed E-state index contributed by atoms with van der Waals surface area (Å²) >= 11 is 11.9. The molecule has 3 nitrogen and oxygen atoms in total. The van der Waals surface area contributed by atoms with E-state index in [2.05, 4.69) is 5.32 Å². The van der Waals surface area contributed by atoms with Gasteiger partial charge in [-0.05, 0) is 17.7 Å². The maximum absolute atomic E-state index is 13.3. The van der Waals surface area contributed by atoms with Gasteiger partial charge in [0.25, 0.3) is 0 Å². The minimum absolute atomic E-state index is 0.0490. The molecular weight excluding hydrogens is 342 g/mol. The highest BCUT2D eigenvalue weighted by Crippen LogP contribution is 2.38. The lowest BCUT2D eigenvalue weighted by atomic mass is 9.89. The molecule has 0 bridgehead atoms. The Bertz CT molecular complexity index is 537. The van der Waals surface area contributed by atoms with Crippen LogP contribution in [0.2, 0.25) is 10.0 Å². The molecule has 0 spiro atoms. The number of rotatable bonds is 3. The Morgan fingerprint density at radius 2 is 1.77 bits per heavy atom. The maximum Gasteiger partial charge on any atom is 0.411 e. The quantitative estimate of drug-likeness (QED) is 0.896. The average Bonchev–Trinajstić information content (AvgIpc) is 2.43. The molecule has 1 amide bonds. The average molecular weight is 356 g/mol. The molecule has 1 aromatic rings. The summed E-state index contributed by atoms with van der Waals surface area (Å²) in [6.45, 7) is -0.0979. The van der Waals surface area contributed by atoms with Crippen molar-refractivity contribution in [3.8, 4) is 0 Å². The van der Waals surface area contributed by atoms with Crippen LogP contribution in [-0.4, -0.2) is 30.8 Å². The van der Waals surface area contributed by atoms with Gasteiger partial charge in [-0.25, -0.2) is 0 Å². The van der Waals surface area contributed by atoms with Crippen LogP contribution in [0.15, 0.2) is 18.2 Å². The van der Waals surface area contributed by atoms with Gasteiger partial charge < -0.3 is 10.1 Å². The minimum atomic E-state index is -4.54. The summed E-state index contributed by atoms with van der Waals surface area (Å²) in [4.78, 5) is 12.1. The van der Waals surface area contributed by atoms with Gasteiger partial charge in [-0.3, -0.25) is 4.79 Å². The zero-order valence-electron chi connectivity index (χ0n) is 11.5. The summed E-state index contributed by atoms with van der Waals surface area (Å²) in [5.74, 6) is -0.769. The van der Waals surface area contributed by atoms with E-state index in [-0.39, 0.29) is 42.5 Å². The first-order valence-corrected chi connectivity index (χ1v) is 7.39. The third-order valence-corrected chi connectivity index (χ3v) is 4.37. The number of amides is 1. The van der Waals surface area contributed by atoms with Crippen molar-refractivity contribution in [2.75, 3.05) is 13.2 Å². The predicted octanol–water partition coefficient (Wildman–Crippen LogP) is 3.76. The summed E-state index contributed by atoms with van der Waals surface area (Å²) in [5.41, 5.74) is -1.94. The standard InChI is InChI=1S/C14H14Cl2F3NO2/c15-10-2-1-3-11(16)9(10)8-12(21)20-13(14(17,18)19)4-6-22-7-5-13/h1-3H,4-8H2,(H,20,21). The molecule has 2 rings (SSSR count). The SMILES string of the molecule is O=C(Cc1c(Cl)cccc1Cl)NC1(C(F)(F)F)CCOCC1. The molecule has 0 aliphatic carbocycles. The van der Waals surface area contributed by atoms with E-state index in [1.165, 1.54) is 12.1 Å². The fraction of sp³-hybridized carbons (Fsp3) is 0.500. The number of hydrogen-bond donors (Lipinski definition) is 1. The number of alkyl halides is 3. The van der Waals surface area contributed by atoms with E-state index >= 15 is 0 Å². The van der Waals surface area contributed by atoms with E-state index in [1.54, 1.807) is 6.07 Å². The normalized spacial score (nSPS) is 18.0. The molecule has 8 heteroatoms. The first-order valence-electron chi connectivity index (χ1n) is 6.63. The first kappa shape index (κ1) is 17.4. The van der Waals surface area contributed by atoms with Gasteiger partial charge in [-0.15, -0.1) is 0 Å². The van der Waals surface area contributed by atoms with E-state index in [0.29, 0.717) is 5.56 Å². The Balaban J connectivity index is 2.15. The van der Waals surface area contributed by atoms with Crippen LogP contribution < -0.4 is 5.32 Å². The number of carbonyl (C=O) groups is 1. The molecule has 1 heterocycles. The van der Waals surface area contributed by atoms with Gasteiger partial charge in [0.1, 0.15) is 5.54 Å². The summed E-state index contributed by atoms with van der Waals surface area (Å²) in [7, 11) is 0. The van der Waals surface area contributed by atoms with Crippen LogP contribution in [0.5, 0.6) is 0 Å². The lowest BCUT2D eigenvalue weighted by molar-refractivity contribution is -0.216. The van der Waals surface area contributed by atoms with Gasteiger partial charge >= 0.3 is 6.18 Å². The number of benzene rings is 1. The molecule has 1 aliphatic heterocycles. The molecule has 122 valence electrons. The van der Waals surface area contributed by atoms with Crippen molar-refractivity contribution in [2.45, 2.75) is 31.0 Å². The van der Waals surface area contributed by atoms with Gasteiger partial charge in [-0.2, -0.15) is 13.2 Å². The van der Waals surface area contributed by atoms with E-state index in [9.17, 15) is 18.0 Å². The van der Waals surface area contributed by atoms with Crippen LogP contribution in [-0.2, 0) is 16.0 Å². The van der Waals surface area contributed by atoms with Gasteiger partial charge in [0.15, 0.2) is 0 Å². The lowest BCUT2D eigenvalue weighted by Crippen LogP contribution is -2.61. The molecule has 1 fully saturated rings. The Kier molecular flexibility index (Phi) is 5.25. The number of hydrogen-bond acceptors (Lipinski definition) is 2. The summed E-state index contributed by atoms with van der Waals surface area (Å²) in [6.07, 6.45) is -5.47. The highest BCUT2D eigenvalue weighted by Gasteiger charge is 2.56. The zero-order chi connectivity index (χ0) is 16.4. The van der Waals surface area contributed by atoms with E-state index < -0.39 is 17.6 Å². The highest BCUT2D eigenvalue weighted by molar-refractivity contribution is 6.36. The Hall–Kier alpha value is -0.980. The Morgan fingerprint density at radius 1 is 1.23 bits per heavy atom. The molecule has 0 aromatic heterocycles. The van der Waals surface area contributed by atoms with Crippen molar-refractivity contribution < 1.29 is 22.7 Å². The molecule has 0 radical (unpaired) electrons. The fourth-order valence-electron chi connectivity index (χ4n) is 2.37. The fourth-order valence-corrected chi connectivity index (χ4v) is 2.90. The molecule has 0 saturated carbocycles. The lowest BCUT2D eigenvalue weighted by Gasteiger charge is -2.39. The minimum Gasteiger partial charge on any atom is -0.381 e. The highest BCUT2D eigenvalue weighted by atomic mass is 35.5. The van der Waals surface area contributed by atoms with E-state index in [4.69, 9.17) is 27.9 Å². The monoisotopic (exact) mass is 355 g/mol. The molecule has 0 unspecified atom stereocenters. The van der Waals surface area contributed by atoms with Crippen molar-refractivity contribution in [2.24, 2.45) is 0 Å². The molecule has 1 aliphatic rings. The topological polar surface area (TPSA) is 38.3 Å². The van der Waals surface area contributed by atoms with Crippen molar-refractivity contribution in [1.29, 1.82) is 0 Å². The van der Waals surface area contributed by atoms with Gasteiger partial charge in [0.2, 0.25) is 5.91 Å². The second-order valence-corrected chi connectivity index (χ2v) is 5.93. The first-order chi connectivity index (χ1) is 10.3. The van der Waals surface area contributed by atoms with Crippen LogP contribution in [0.3, 0.4) is 0 Å². The molecule has 22 heavy (non-hydrogen) atoms. The number of halogens is 5.